The lowest BCUT2D eigenvalue weighted by Gasteiger charge is -2.00. The Morgan fingerprint density at radius 1 is 1.38 bits per heavy atom. The molecule has 16 heavy (non-hydrogen) atoms. The van der Waals surface area contributed by atoms with Gasteiger partial charge < -0.3 is 5.21 Å². The first-order chi connectivity index (χ1) is 7.79. The molecule has 0 bridgehead atoms. The largest absolute Gasteiger partial charge is 0.411 e. The Morgan fingerprint density at radius 3 is 2.81 bits per heavy atom. The summed E-state index contributed by atoms with van der Waals surface area (Å²) in [6.07, 6.45) is 3.56. The van der Waals surface area contributed by atoms with Crippen LogP contribution in [0.2, 0.25) is 0 Å². The van der Waals surface area contributed by atoms with Crippen LogP contribution in [0.25, 0.3) is 0 Å². The fraction of sp³-hybridized carbons (Fsp3) is 0.167. The molecule has 4 nitrogen and oxygen atoms in total. The van der Waals surface area contributed by atoms with Crippen molar-refractivity contribution < 1.29 is 5.21 Å². The summed E-state index contributed by atoms with van der Waals surface area (Å²) in [6, 6.07) is 10.1. The van der Waals surface area contributed by atoms with E-state index in [1.807, 2.05) is 41.2 Å². The van der Waals surface area contributed by atoms with Gasteiger partial charge in [-0.05, 0) is 12.5 Å². The summed E-state index contributed by atoms with van der Waals surface area (Å²) in [4.78, 5) is 0. The Hall–Kier alpha value is -2.10. The van der Waals surface area contributed by atoms with E-state index in [2.05, 4.69) is 10.3 Å². The summed E-state index contributed by atoms with van der Waals surface area (Å²) in [5.41, 5.74) is 2.59. The predicted molar refractivity (Wildman–Crippen MR) is 61.8 cm³/mol. The fourth-order valence-electron chi connectivity index (χ4n) is 1.47. The third kappa shape index (κ3) is 2.28. The van der Waals surface area contributed by atoms with Crippen LogP contribution < -0.4 is 0 Å². The maximum atomic E-state index is 8.64. The highest BCUT2D eigenvalue weighted by Gasteiger charge is 2.02. The van der Waals surface area contributed by atoms with Crippen molar-refractivity contribution in [2.75, 3.05) is 0 Å². The van der Waals surface area contributed by atoms with Crippen molar-refractivity contribution >= 4 is 5.71 Å². The van der Waals surface area contributed by atoms with Gasteiger partial charge in [-0.25, -0.2) is 0 Å². The van der Waals surface area contributed by atoms with E-state index in [0.29, 0.717) is 5.71 Å². The van der Waals surface area contributed by atoms with Gasteiger partial charge in [-0.3, -0.25) is 4.68 Å². The van der Waals surface area contributed by atoms with E-state index in [1.165, 1.54) is 5.56 Å². The number of oxime groups is 1. The van der Waals surface area contributed by atoms with E-state index >= 15 is 0 Å². The van der Waals surface area contributed by atoms with Gasteiger partial charge in [0.25, 0.3) is 0 Å². The fourth-order valence-corrected chi connectivity index (χ4v) is 1.47. The first-order valence-corrected chi connectivity index (χ1v) is 5.05. The molecule has 0 aliphatic heterocycles. The first-order valence-electron chi connectivity index (χ1n) is 5.05. The molecule has 2 aromatic rings. The van der Waals surface area contributed by atoms with E-state index in [4.69, 9.17) is 5.21 Å². The third-order valence-electron chi connectivity index (χ3n) is 2.39. The molecule has 82 valence electrons. The van der Waals surface area contributed by atoms with Crippen molar-refractivity contribution in [2.24, 2.45) is 5.16 Å². The molecule has 0 saturated carbocycles. The van der Waals surface area contributed by atoms with Gasteiger partial charge in [0.2, 0.25) is 0 Å². The van der Waals surface area contributed by atoms with Crippen molar-refractivity contribution in [1.82, 2.24) is 9.78 Å². The molecule has 0 aliphatic carbocycles. The lowest BCUT2D eigenvalue weighted by Crippen LogP contribution is -1.99. The molecule has 1 aromatic carbocycles. The van der Waals surface area contributed by atoms with Gasteiger partial charge in [-0.2, -0.15) is 5.10 Å². The molecule has 1 aromatic heterocycles. The van der Waals surface area contributed by atoms with E-state index in [1.54, 1.807) is 13.1 Å². The second kappa shape index (κ2) is 4.61. The Kier molecular flexibility index (Phi) is 3.00. The van der Waals surface area contributed by atoms with Gasteiger partial charge in [0.05, 0.1) is 18.5 Å². The zero-order valence-corrected chi connectivity index (χ0v) is 9.04. The SMILES string of the molecule is C/C(=N/O)c1cnn(Cc2ccccc2)c1. The summed E-state index contributed by atoms with van der Waals surface area (Å²) in [5, 5.41) is 16.0. The second-order valence-corrected chi connectivity index (χ2v) is 3.60. The molecule has 0 fully saturated rings. The topological polar surface area (TPSA) is 50.4 Å². The van der Waals surface area contributed by atoms with Gasteiger partial charge >= 0.3 is 0 Å². The Balaban J connectivity index is 2.15. The van der Waals surface area contributed by atoms with Crippen LogP contribution in [0.5, 0.6) is 0 Å². The van der Waals surface area contributed by atoms with Gasteiger partial charge in [0, 0.05) is 11.8 Å². The maximum absolute atomic E-state index is 8.64. The van der Waals surface area contributed by atoms with Crippen LogP contribution in [0.3, 0.4) is 0 Å². The van der Waals surface area contributed by atoms with Gasteiger partial charge in [-0.15, -0.1) is 0 Å². The third-order valence-corrected chi connectivity index (χ3v) is 2.39. The van der Waals surface area contributed by atoms with Crippen LogP contribution in [0, 0.1) is 0 Å². The molecule has 0 aliphatic rings. The van der Waals surface area contributed by atoms with E-state index in [0.717, 1.165) is 12.1 Å². The molecular weight excluding hydrogens is 202 g/mol. The van der Waals surface area contributed by atoms with Gasteiger partial charge in [0.15, 0.2) is 0 Å². The van der Waals surface area contributed by atoms with Crippen LogP contribution in [0.4, 0.5) is 0 Å². The molecule has 0 saturated heterocycles. The Labute approximate surface area is 93.8 Å². The summed E-state index contributed by atoms with van der Waals surface area (Å²) in [7, 11) is 0. The number of nitrogens with zero attached hydrogens (tertiary/aromatic N) is 3. The first kappa shape index (κ1) is 10.4. The number of hydrogen-bond acceptors (Lipinski definition) is 3. The van der Waals surface area contributed by atoms with Gasteiger partial charge in [0.1, 0.15) is 0 Å². The van der Waals surface area contributed by atoms with Gasteiger partial charge in [-0.1, -0.05) is 35.5 Å². The smallest absolute Gasteiger partial charge is 0.0868 e. The average molecular weight is 215 g/mol. The van der Waals surface area contributed by atoms with Crippen LogP contribution in [-0.4, -0.2) is 20.7 Å². The molecule has 0 amide bonds. The number of aromatic nitrogens is 2. The molecule has 2 rings (SSSR count). The van der Waals surface area contributed by atoms with E-state index in [-0.39, 0.29) is 0 Å². The average Bonchev–Trinajstić information content (AvgIpc) is 2.78. The van der Waals surface area contributed by atoms with Crippen LogP contribution in [0.1, 0.15) is 18.1 Å². The minimum Gasteiger partial charge on any atom is -0.411 e. The molecule has 0 unspecified atom stereocenters. The standard InChI is InChI=1S/C12H13N3O/c1-10(14-16)12-7-13-15(9-12)8-11-5-3-2-4-6-11/h2-7,9,16H,8H2,1H3/b14-10-. The molecule has 1 N–H and O–H groups in total. The van der Waals surface area contributed by atoms with Crippen molar-refractivity contribution in [3.63, 3.8) is 0 Å². The minimum atomic E-state index is 0.569. The minimum absolute atomic E-state index is 0.569. The monoisotopic (exact) mass is 215 g/mol. The maximum Gasteiger partial charge on any atom is 0.0868 e. The number of hydrogen-bond donors (Lipinski definition) is 1. The summed E-state index contributed by atoms with van der Waals surface area (Å²) < 4.78 is 1.82. The number of rotatable bonds is 3. The van der Waals surface area contributed by atoms with Crippen LogP contribution in [-0.2, 0) is 6.54 Å². The van der Waals surface area contributed by atoms with Crippen molar-refractivity contribution in [1.29, 1.82) is 0 Å². The molecule has 0 atom stereocenters. The molecule has 0 spiro atoms. The number of benzene rings is 1. The van der Waals surface area contributed by atoms with E-state index in [9.17, 15) is 0 Å². The molecule has 0 radical (unpaired) electrons. The second-order valence-electron chi connectivity index (χ2n) is 3.60. The van der Waals surface area contributed by atoms with Crippen molar-refractivity contribution in [3.05, 3.63) is 53.9 Å². The summed E-state index contributed by atoms with van der Waals surface area (Å²) >= 11 is 0. The van der Waals surface area contributed by atoms with Crippen molar-refractivity contribution in [2.45, 2.75) is 13.5 Å². The lowest BCUT2D eigenvalue weighted by molar-refractivity contribution is 0.319. The molecule has 4 heteroatoms. The Morgan fingerprint density at radius 2 is 2.12 bits per heavy atom. The quantitative estimate of drug-likeness (QED) is 0.484. The van der Waals surface area contributed by atoms with Crippen LogP contribution >= 0.6 is 0 Å². The predicted octanol–water partition coefficient (Wildman–Crippen LogP) is 2.13. The lowest BCUT2D eigenvalue weighted by atomic mass is 10.2. The van der Waals surface area contributed by atoms with Crippen molar-refractivity contribution in [3.8, 4) is 0 Å². The highest BCUT2D eigenvalue weighted by atomic mass is 16.4. The molecule has 1 heterocycles. The summed E-state index contributed by atoms with van der Waals surface area (Å²) in [6.45, 7) is 2.46. The Bertz CT molecular complexity index is 488. The molecular formula is C12H13N3O. The normalized spacial score (nSPS) is 11.7. The zero-order chi connectivity index (χ0) is 11.4. The van der Waals surface area contributed by atoms with E-state index < -0.39 is 0 Å². The zero-order valence-electron chi connectivity index (χ0n) is 9.04. The van der Waals surface area contributed by atoms with Crippen LogP contribution in [0.15, 0.2) is 47.9 Å². The highest BCUT2D eigenvalue weighted by molar-refractivity contribution is 5.97. The highest BCUT2D eigenvalue weighted by Crippen LogP contribution is 2.04. The summed E-state index contributed by atoms with van der Waals surface area (Å²) in [5.74, 6) is 0.